The normalized spacial score (nSPS) is 29.2. The summed E-state index contributed by atoms with van der Waals surface area (Å²) in [5.74, 6) is 0. The maximum absolute atomic E-state index is 3.73. The average molecular weight is 224 g/mol. The van der Waals surface area contributed by atoms with Crippen molar-refractivity contribution in [1.82, 2.24) is 10.2 Å². The van der Waals surface area contributed by atoms with Crippen LogP contribution in [-0.4, -0.2) is 37.6 Å². The number of likely N-dealkylation sites (N-methyl/N-ethyl adjacent to an activating group) is 1. The molecule has 2 aliphatic rings. The standard InChI is InChI=1S/C14H28N2/c1-3-7-14(8-9-14)12-15-11-13-6-4-5-10-16(13)2/h13,15H,3-12H2,1-2H3. The molecule has 2 nitrogen and oxygen atoms in total. The number of hydrogen-bond acceptors (Lipinski definition) is 2. The van der Waals surface area contributed by atoms with Crippen LogP contribution in [0.5, 0.6) is 0 Å². The van der Waals surface area contributed by atoms with Crippen LogP contribution in [0.2, 0.25) is 0 Å². The minimum absolute atomic E-state index is 0.710. The van der Waals surface area contributed by atoms with Crippen molar-refractivity contribution in [3.8, 4) is 0 Å². The van der Waals surface area contributed by atoms with Crippen molar-refractivity contribution in [3.63, 3.8) is 0 Å². The first-order chi connectivity index (χ1) is 7.76. The zero-order valence-corrected chi connectivity index (χ0v) is 11.1. The van der Waals surface area contributed by atoms with Gasteiger partial charge >= 0.3 is 0 Å². The van der Waals surface area contributed by atoms with Gasteiger partial charge in [0.05, 0.1) is 0 Å². The highest BCUT2D eigenvalue weighted by Crippen LogP contribution is 2.48. The van der Waals surface area contributed by atoms with E-state index in [1.54, 1.807) is 0 Å². The first kappa shape index (κ1) is 12.4. The zero-order valence-electron chi connectivity index (χ0n) is 11.1. The van der Waals surface area contributed by atoms with Gasteiger partial charge in [-0.05, 0) is 51.1 Å². The van der Waals surface area contributed by atoms with Gasteiger partial charge in [0, 0.05) is 19.1 Å². The molecule has 0 aromatic rings. The van der Waals surface area contributed by atoms with Crippen molar-refractivity contribution in [2.24, 2.45) is 5.41 Å². The summed E-state index contributed by atoms with van der Waals surface area (Å²) in [7, 11) is 2.28. The molecule has 0 aromatic carbocycles. The van der Waals surface area contributed by atoms with Gasteiger partial charge in [-0.25, -0.2) is 0 Å². The summed E-state index contributed by atoms with van der Waals surface area (Å²) < 4.78 is 0. The van der Waals surface area contributed by atoms with E-state index in [-0.39, 0.29) is 0 Å². The second kappa shape index (κ2) is 5.50. The number of nitrogens with zero attached hydrogens (tertiary/aromatic N) is 1. The van der Waals surface area contributed by atoms with E-state index in [1.807, 2.05) is 0 Å². The lowest BCUT2D eigenvalue weighted by Crippen LogP contribution is -2.44. The Kier molecular flexibility index (Phi) is 4.26. The molecule has 0 aromatic heterocycles. The van der Waals surface area contributed by atoms with Crippen LogP contribution in [0.25, 0.3) is 0 Å². The number of rotatable bonds is 6. The summed E-state index contributed by atoms with van der Waals surface area (Å²) in [6.45, 7) is 6.09. The Bertz CT molecular complexity index is 211. The minimum atomic E-state index is 0.710. The molecule has 1 atom stereocenters. The van der Waals surface area contributed by atoms with E-state index in [0.29, 0.717) is 5.41 Å². The maximum Gasteiger partial charge on any atom is 0.0217 e. The molecule has 0 radical (unpaired) electrons. The highest BCUT2D eigenvalue weighted by atomic mass is 15.2. The summed E-state index contributed by atoms with van der Waals surface area (Å²) in [5, 5.41) is 3.73. The summed E-state index contributed by atoms with van der Waals surface area (Å²) in [6.07, 6.45) is 9.93. The summed E-state index contributed by atoms with van der Waals surface area (Å²) in [5.41, 5.74) is 0.710. The first-order valence-corrected chi connectivity index (χ1v) is 7.17. The summed E-state index contributed by atoms with van der Waals surface area (Å²) in [6, 6.07) is 0.797. The second-order valence-electron chi connectivity index (χ2n) is 6.01. The van der Waals surface area contributed by atoms with E-state index in [0.717, 1.165) is 6.04 Å². The van der Waals surface area contributed by atoms with Gasteiger partial charge in [0.25, 0.3) is 0 Å². The lowest BCUT2D eigenvalue weighted by atomic mass is 9.99. The molecule has 16 heavy (non-hydrogen) atoms. The fraction of sp³-hybridized carbons (Fsp3) is 1.00. The van der Waals surface area contributed by atoms with Crippen LogP contribution in [0.4, 0.5) is 0 Å². The van der Waals surface area contributed by atoms with Crippen molar-refractivity contribution < 1.29 is 0 Å². The molecular weight excluding hydrogens is 196 g/mol. The largest absolute Gasteiger partial charge is 0.315 e. The van der Waals surface area contributed by atoms with Crippen molar-refractivity contribution in [2.75, 3.05) is 26.7 Å². The van der Waals surface area contributed by atoms with E-state index in [4.69, 9.17) is 0 Å². The fourth-order valence-electron chi connectivity index (χ4n) is 3.13. The lowest BCUT2D eigenvalue weighted by molar-refractivity contribution is 0.179. The number of nitrogens with one attached hydrogen (secondary N) is 1. The zero-order chi connectivity index (χ0) is 11.4. The highest BCUT2D eigenvalue weighted by molar-refractivity contribution is 4.94. The molecule has 1 unspecified atom stereocenters. The predicted octanol–water partition coefficient (Wildman–Crippen LogP) is 2.64. The minimum Gasteiger partial charge on any atom is -0.315 e. The van der Waals surface area contributed by atoms with E-state index in [9.17, 15) is 0 Å². The molecule has 0 bridgehead atoms. The quantitative estimate of drug-likeness (QED) is 0.746. The molecule has 2 rings (SSSR count). The molecule has 1 saturated carbocycles. The lowest BCUT2D eigenvalue weighted by Gasteiger charge is -2.33. The van der Waals surface area contributed by atoms with Gasteiger partial charge in [0.1, 0.15) is 0 Å². The van der Waals surface area contributed by atoms with Crippen LogP contribution < -0.4 is 5.32 Å². The van der Waals surface area contributed by atoms with Crippen LogP contribution in [0, 0.1) is 5.41 Å². The topological polar surface area (TPSA) is 15.3 Å². The second-order valence-corrected chi connectivity index (χ2v) is 6.01. The Hall–Kier alpha value is -0.0800. The summed E-state index contributed by atoms with van der Waals surface area (Å²) >= 11 is 0. The Morgan fingerprint density at radius 3 is 2.75 bits per heavy atom. The smallest absolute Gasteiger partial charge is 0.0217 e. The van der Waals surface area contributed by atoms with Gasteiger partial charge in [-0.3, -0.25) is 0 Å². The van der Waals surface area contributed by atoms with Gasteiger partial charge in [0.2, 0.25) is 0 Å². The van der Waals surface area contributed by atoms with Crippen LogP contribution in [0.15, 0.2) is 0 Å². The van der Waals surface area contributed by atoms with Crippen molar-refractivity contribution in [1.29, 1.82) is 0 Å². The van der Waals surface area contributed by atoms with Crippen molar-refractivity contribution in [3.05, 3.63) is 0 Å². The Labute approximate surface area is 101 Å². The van der Waals surface area contributed by atoms with E-state index >= 15 is 0 Å². The van der Waals surface area contributed by atoms with E-state index in [2.05, 4.69) is 24.2 Å². The third-order valence-corrected chi connectivity index (χ3v) is 4.54. The van der Waals surface area contributed by atoms with Crippen molar-refractivity contribution in [2.45, 2.75) is 57.9 Å². The Balaban J connectivity index is 1.63. The van der Waals surface area contributed by atoms with Crippen LogP contribution in [0.3, 0.4) is 0 Å². The van der Waals surface area contributed by atoms with E-state index in [1.165, 1.54) is 64.6 Å². The number of hydrogen-bond donors (Lipinski definition) is 1. The third kappa shape index (κ3) is 3.21. The van der Waals surface area contributed by atoms with Gasteiger partial charge in [-0.1, -0.05) is 19.8 Å². The van der Waals surface area contributed by atoms with Crippen molar-refractivity contribution >= 4 is 0 Å². The molecular formula is C14H28N2. The van der Waals surface area contributed by atoms with Gasteiger partial charge in [0.15, 0.2) is 0 Å². The Morgan fingerprint density at radius 1 is 1.31 bits per heavy atom. The molecule has 1 N–H and O–H groups in total. The number of piperidine rings is 1. The van der Waals surface area contributed by atoms with Gasteiger partial charge in [-0.15, -0.1) is 0 Å². The van der Waals surface area contributed by atoms with Crippen LogP contribution in [-0.2, 0) is 0 Å². The molecule has 94 valence electrons. The average Bonchev–Trinajstić information content (AvgIpc) is 3.02. The van der Waals surface area contributed by atoms with Crippen LogP contribution in [0.1, 0.15) is 51.9 Å². The monoisotopic (exact) mass is 224 g/mol. The molecule has 1 saturated heterocycles. The Morgan fingerprint density at radius 2 is 2.12 bits per heavy atom. The fourth-order valence-corrected chi connectivity index (χ4v) is 3.13. The molecule has 1 heterocycles. The highest BCUT2D eigenvalue weighted by Gasteiger charge is 2.40. The third-order valence-electron chi connectivity index (χ3n) is 4.54. The van der Waals surface area contributed by atoms with E-state index < -0.39 is 0 Å². The predicted molar refractivity (Wildman–Crippen MR) is 69.7 cm³/mol. The van der Waals surface area contributed by atoms with Gasteiger partial charge < -0.3 is 10.2 Å². The first-order valence-electron chi connectivity index (χ1n) is 7.17. The summed E-state index contributed by atoms with van der Waals surface area (Å²) in [4.78, 5) is 2.54. The number of likely N-dealkylation sites (tertiary alicyclic amines) is 1. The van der Waals surface area contributed by atoms with Gasteiger partial charge in [-0.2, -0.15) is 0 Å². The molecule has 2 fully saturated rings. The SMILES string of the molecule is CCCC1(CNCC2CCCCN2C)CC1. The molecule has 1 aliphatic heterocycles. The molecule has 0 amide bonds. The molecule has 2 heteroatoms. The molecule has 1 aliphatic carbocycles. The molecule has 0 spiro atoms. The van der Waals surface area contributed by atoms with Crippen LogP contribution >= 0.6 is 0 Å². The maximum atomic E-state index is 3.73.